The minimum Gasteiger partial charge on any atom is -0.492 e. The van der Waals surface area contributed by atoms with Crippen LogP contribution < -0.4 is 15.4 Å². The number of carbonyl (C=O) groups is 1. The molecule has 0 spiro atoms. The number of carbonyl (C=O) groups excluding carboxylic acids is 1. The fourth-order valence-corrected chi connectivity index (χ4v) is 2.29. The molecule has 2 rings (SSSR count). The van der Waals surface area contributed by atoms with Crippen molar-refractivity contribution in [3.05, 3.63) is 24.3 Å². The van der Waals surface area contributed by atoms with Gasteiger partial charge in [-0.25, -0.2) is 4.79 Å². The molecule has 1 aliphatic rings. The maximum atomic E-state index is 11.5. The van der Waals surface area contributed by atoms with E-state index in [0.717, 1.165) is 17.4 Å². The summed E-state index contributed by atoms with van der Waals surface area (Å²) >= 11 is 0. The molecule has 1 amide bonds. The Kier molecular flexibility index (Phi) is 5.74. The van der Waals surface area contributed by atoms with Crippen LogP contribution in [0.4, 0.5) is 10.5 Å². The number of alkyl carbamates (subject to hydrolysis) is 1. The molecule has 0 bridgehead atoms. The highest BCUT2D eigenvalue weighted by Gasteiger charge is 2.27. The van der Waals surface area contributed by atoms with Crippen LogP contribution in [0.2, 0.25) is 0 Å². The van der Waals surface area contributed by atoms with Gasteiger partial charge in [0.25, 0.3) is 0 Å². The number of amides is 1. The Hall–Kier alpha value is -1.91. The largest absolute Gasteiger partial charge is 0.492 e. The third-order valence-electron chi connectivity index (χ3n) is 3.60. The zero-order chi connectivity index (χ0) is 16.9. The molecular formula is C18H28N2O3. The molecule has 0 heterocycles. The van der Waals surface area contributed by atoms with E-state index in [1.165, 1.54) is 12.8 Å². The molecule has 1 aromatic rings. The number of benzene rings is 1. The number of hydrogen-bond donors (Lipinski definition) is 2. The fraction of sp³-hybridized carbons (Fsp3) is 0.611. The quantitative estimate of drug-likeness (QED) is 0.750. The van der Waals surface area contributed by atoms with E-state index in [1.807, 2.05) is 45.0 Å². The second kappa shape index (κ2) is 7.57. The van der Waals surface area contributed by atoms with E-state index in [4.69, 9.17) is 9.47 Å². The van der Waals surface area contributed by atoms with Crippen molar-refractivity contribution in [1.29, 1.82) is 0 Å². The Morgan fingerprint density at radius 2 is 2.09 bits per heavy atom. The molecule has 128 valence electrons. The molecule has 2 N–H and O–H groups in total. The summed E-state index contributed by atoms with van der Waals surface area (Å²) in [6.45, 7) is 8.54. The van der Waals surface area contributed by atoms with Crippen LogP contribution in [0.1, 0.15) is 40.5 Å². The highest BCUT2D eigenvalue weighted by Crippen LogP contribution is 2.34. The van der Waals surface area contributed by atoms with E-state index >= 15 is 0 Å². The van der Waals surface area contributed by atoms with E-state index in [9.17, 15) is 4.79 Å². The molecule has 1 atom stereocenters. The third kappa shape index (κ3) is 6.80. The first-order chi connectivity index (χ1) is 10.8. The monoisotopic (exact) mass is 320 g/mol. The molecule has 0 saturated heterocycles. The zero-order valence-corrected chi connectivity index (χ0v) is 14.5. The molecule has 0 radical (unpaired) electrons. The molecule has 1 saturated carbocycles. The summed E-state index contributed by atoms with van der Waals surface area (Å²) in [7, 11) is 0. The first-order valence-electron chi connectivity index (χ1n) is 8.30. The summed E-state index contributed by atoms with van der Waals surface area (Å²) < 4.78 is 10.8. The maximum absolute atomic E-state index is 11.5. The van der Waals surface area contributed by atoms with Crippen molar-refractivity contribution in [2.75, 3.05) is 18.5 Å². The molecule has 1 aromatic carbocycles. The first kappa shape index (κ1) is 17.4. The Morgan fingerprint density at radius 1 is 1.35 bits per heavy atom. The number of hydrogen-bond acceptors (Lipinski definition) is 4. The standard InChI is InChI=1S/C18H28N2O3/c1-13(14-8-9-14)20-15-6-5-7-16(12-15)22-11-10-19-17(21)23-18(2,3)4/h5-7,12-14,20H,8-11H2,1-4H3,(H,19,21). The van der Waals surface area contributed by atoms with Crippen molar-refractivity contribution in [3.63, 3.8) is 0 Å². The Labute approximate surface area is 138 Å². The zero-order valence-electron chi connectivity index (χ0n) is 14.5. The number of rotatable bonds is 7. The molecule has 23 heavy (non-hydrogen) atoms. The van der Waals surface area contributed by atoms with Gasteiger partial charge < -0.3 is 20.1 Å². The fourth-order valence-electron chi connectivity index (χ4n) is 2.29. The second-order valence-corrected chi connectivity index (χ2v) is 7.08. The van der Waals surface area contributed by atoms with Crippen LogP contribution in [0.25, 0.3) is 0 Å². The van der Waals surface area contributed by atoms with Crippen molar-refractivity contribution < 1.29 is 14.3 Å². The summed E-state index contributed by atoms with van der Waals surface area (Å²) in [5.74, 6) is 1.60. The van der Waals surface area contributed by atoms with Crippen LogP contribution in [-0.2, 0) is 4.74 Å². The van der Waals surface area contributed by atoms with Gasteiger partial charge in [-0.2, -0.15) is 0 Å². The first-order valence-corrected chi connectivity index (χ1v) is 8.30. The lowest BCUT2D eigenvalue weighted by Gasteiger charge is -2.19. The van der Waals surface area contributed by atoms with Crippen LogP contribution in [0.15, 0.2) is 24.3 Å². The minimum atomic E-state index is -0.483. The summed E-state index contributed by atoms with van der Waals surface area (Å²) in [5, 5.41) is 6.19. The van der Waals surface area contributed by atoms with E-state index in [2.05, 4.69) is 17.6 Å². The van der Waals surface area contributed by atoms with E-state index in [1.54, 1.807) is 0 Å². The highest BCUT2D eigenvalue weighted by molar-refractivity contribution is 5.67. The summed E-state index contributed by atoms with van der Waals surface area (Å²) in [6.07, 6.45) is 2.22. The van der Waals surface area contributed by atoms with Gasteiger partial charge in [0.2, 0.25) is 0 Å². The summed E-state index contributed by atoms with van der Waals surface area (Å²) in [5.41, 5.74) is 0.588. The molecule has 5 nitrogen and oxygen atoms in total. The molecule has 1 fully saturated rings. The topological polar surface area (TPSA) is 59.6 Å². The van der Waals surface area contributed by atoms with Crippen molar-refractivity contribution in [1.82, 2.24) is 5.32 Å². The molecule has 1 aliphatic carbocycles. The van der Waals surface area contributed by atoms with Gasteiger partial charge >= 0.3 is 6.09 Å². The van der Waals surface area contributed by atoms with Crippen molar-refractivity contribution >= 4 is 11.8 Å². The van der Waals surface area contributed by atoms with Crippen molar-refractivity contribution in [2.45, 2.75) is 52.2 Å². The summed E-state index contributed by atoms with van der Waals surface area (Å²) in [4.78, 5) is 11.5. The van der Waals surface area contributed by atoms with Crippen LogP contribution in [0.3, 0.4) is 0 Å². The predicted octanol–water partition coefficient (Wildman–Crippen LogP) is 3.80. The molecule has 1 unspecified atom stereocenters. The van der Waals surface area contributed by atoms with Gasteiger partial charge in [-0.3, -0.25) is 0 Å². The average Bonchev–Trinajstić information content (AvgIpc) is 3.26. The predicted molar refractivity (Wildman–Crippen MR) is 92.0 cm³/mol. The molecule has 0 aliphatic heterocycles. The van der Waals surface area contributed by atoms with Gasteiger partial charge in [0, 0.05) is 17.8 Å². The molecular weight excluding hydrogens is 292 g/mol. The normalized spacial score (nSPS) is 15.7. The van der Waals surface area contributed by atoms with Crippen molar-refractivity contribution in [3.8, 4) is 5.75 Å². The number of ether oxygens (including phenoxy) is 2. The van der Waals surface area contributed by atoms with Gasteiger partial charge in [0.1, 0.15) is 18.0 Å². The smallest absolute Gasteiger partial charge is 0.407 e. The van der Waals surface area contributed by atoms with Gasteiger partial charge in [0.15, 0.2) is 0 Å². The van der Waals surface area contributed by atoms with Gasteiger partial charge in [-0.05, 0) is 58.6 Å². The lowest BCUT2D eigenvalue weighted by atomic mass is 10.2. The van der Waals surface area contributed by atoms with Crippen LogP contribution >= 0.6 is 0 Å². The third-order valence-corrected chi connectivity index (χ3v) is 3.60. The van der Waals surface area contributed by atoms with Crippen LogP contribution in [-0.4, -0.2) is 30.9 Å². The summed E-state index contributed by atoms with van der Waals surface area (Å²) in [6, 6.07) is 8.43. The number of nitrogens with one attached hydrogen (secondary N) is 2. The maximum Gasteiger partial charge on any atom is 0.407 e. The number of anilines is 1. The van der Waals surface area contributed by atoms with Crippen LogP contribution in [0, 0.1) is 5.92 Å². The molecule has 5 heteroatoms. The lowest BCUT2D eigenvalue weighted by Crippen LogP contribution is -2.34. The molecule has 0 aromatic heterocycles. The van der Waals surface area contributed by atoms with Gasteiger partial charge in [-0.15, -0.1) is 0 Å². The Bertz CT molecular complexity index is 521. The SMILES string of the molecule is CC(Nc1cccc(OCCNC(=O)OC(C)(C)C)c1)C1CC1. The highest BCUT2D eigenvalue weighted by atomic mass is 16.6. The second-order valence-electron chi connectivity index (χ2n) is 7.08. The van der Waals surface area contributed by atoms with E-state index in [0.29, 0.717) is 19.2 Å². The minimum absolute atomic E-state index is 0.404. The van der Waals surface area contributed by atoms with E-state index < -0.39 is 11.7 Å². The Morgan fingerprint density at radius 3 is 2.74 bits per heavy atom. The van der Waals surface area contributed by atoms with Gasteiger partial charge in [0.05, 0.1) is 6.54 Å². The van der Waals surface area contributed by atoms with Crippen molar-refractivity contribution in [2.24, 2.45) is 5.92 Å². The lowest BCUT2D eigenvalue weighted by molar-refractivity contribution is 0.0520. The van der Waals surface area contributed by atoms with E-state index in [-0.39, 0.29) is 0 Å². The van der Waals surface area contributed by atoms with Gasteiger partial charge in [-0.1, -0.05) is 6.07 Å². The average molecular weight is 320 g/mol. The Balaban J connectivity index is 1.70. The van der Waals surface area contributed by atoms with Crippen LogP contribution in [0.5, 0.6) is 5.75 Å².